The van der Waals surface area contributed by atoms with Crippen LogP contribution in [-0.2, 0) is 0 Å². The largest absolute Gasteiger partial charge is 0.369 e. The number of hydrogen-bond acceptors (Lipinski definition) is 5. The molecule has 5 nitrogen and oxygen atoms in total. The average Bonchev–Trinajstić information content (AvgIpc) is 2.33. The molecule has 0 radical (unpaired) electrons. The van der Waals surface area contributed by atoms with Crippen LogP contribution in [0.2, 0.25) is 0 Å². The maximum absolute atomic E-state index is 4.61. The highest BCUT2D eigenvalue weighted by Crippen LogP contribution is 2.23. The van der Waals surface area contributed by atoms with Crippen molar-refractivity contribution >= 4 is 11.6 Å². The van der Waals surface area contributed by atoms with Gasteiger partial charge in [-0.25, -0.2) is 4.98 Å². The molecule has 18 heavy (non-hydrogen) atoms. The van der Waals surface area contributed by atoms with Crippen molar-refractivity contribution in [1.82, 2.24) is 14.9 Å². The molecule has 100 valence electrons. The van der Waals surface area contributed by atoms with Crippen molar-refractivity contribution < 1.29 is 0 Å². The molecule has 0 unspecified atom stereocenters. The molecule has 1 aliphatic heterocycles. The fourth-order valence-corrected chi connectivity index (χ4v) is 2.21. The van der Waals surface area contributed by atoms with E-state index in [1.165, 1.54) is 0 Å². The molecule has 1 aromatic rings. The molecule has 2 rings (SSSR count). The molecule has 1 N–H and O–H groups in total. The molecular weight excluding hydrogens is 226 g/mol. The summed E-state index contributed by atoms with van der Waals surface area (Å²) in [5.74, 6) is 1.82. The maximum atomic E-state index is 4.61. The highest BCUT2D eigenvalue weighted by atomic mass is 15.3. The fourth-order valence-electron chi connectivity index (χ4n) is 2.21. The Bertz CT molecular complexity index is 404. The Morgan fingerprint density at radius 3 is 2.78 bits per heavy atom. The van der Waals surface area contributed by atoms with Gasteiger partial charge in [0, 0.05) is 31.7 Å². The highest BCUT2D eigenvalue weighted by molar-refractivity contribution is 5.44. The topological polar surface area (TPSA) is 44.3 Å². The van der Waals surface area contributed by atoms with E-state index in [0.717, 1.165) is 37.8 Å². The number of rotatable bonds is 3. The first-order chi connectivity index (χ1) is 8.53. The highest BCUT2D eigenvalue weighted by Gasteiger charge is 2.31. The predicted octanol–water partition coefficient (Wildman–Crippen LogP) is 1.44. The van der Waals surface area contributed by atoms with Crippen LogP contribution in [0.25, 0.3) is 0 Å². The van der Waals surface area contributed by atoms with Crippen LogP contribution in [0.15, 0.2) is 12.4 Å². The van der Waals surface area contributed by atoms with E-state index >= 15 is 0 Å². The lowest BCUT2D eigenvalue weighted by molar-refractivity contribution is 0.138. The summed E-state index contributed by atoms with van der Waals surface area (Å²) in [7, 11) is 2.18. The molecule has 1 aliphatic rings. The van der Waals surface area contributed by atoms with Crippen molar-refractivity contribution in [3.05, 3.63) is 12.4 Å². The van der Waals surface area contributed by atoms with Crippen LogP contribution < -0.4 is 10.2 Å². The summed E-state index contributed by atoms with van der Waals surface area (Å²) in [4.78, 5) is 13.6. The predicted molar refractivity (Wildman–Crippen MR) is 75.1 cm³/mol. The fraction of sp³-hybridized carbons (Fsp3) is 0.692. The van der Waals surface area contributed by atoms with Gasteiger partial charge in [0.2, 0.25) is 0 Å². The monoisotopic (exact) mass is 249 g/mol. The summed E-state index contributed by atoms with van der Waals surface area (Å²) in [6.07, 6.45) is 3.62. The van der Waals surface area contributed by atoms with E-state index in [9.17, 15) is 0 Å². The second-order valence-corrected chi connectivity index (χ2v) is 5.45. The molecule has 1 saturated heterocycles. The summed E-state index contributed by atoms with van der Waals surface area (Å²) in [6.45, 7) is 10.5. The number of aromatic nitrogens is 2. The first-order valence-electron chi connectivity index (χ1n) is 6.55. The standard InChI is InChI=1S/C13H23N5/c1-5-15-11-8-14-9-12(16-11)18-7-6-17(4)13(2,3)10-18/h8-9H,5-7,10H2,1-4H3,(H,15,16). The minimum atomic E-state index is 0.175. The first-order valence-corrected chi connectivity index (χ1v) is 6.55. The van der Waals surface area contributed by atoms with Crippen molar-refractivity contribution in [2.24, 2.45) is 0 Å². The Balaban J connectivity index is 2.14. The lowest BCUT2D eigenvalue weighted by Crippen LogP contribution is -2.57. The van der Waals surface area contributed by atoms with Gasteiger partial charge in [-0.3, -0.25) is 9.88 Å². The summed E-state index contributed by atoms with van der Waals surface area (Å²) >= 11 is 0. The van der Waals surface area contributed by atoms with Crippen LogP contribution in [0.4, 0.5) is 11.6 Å². The van der Waals surface area contributed by atoms with E-state index < -0.39 is 0 Å². The van der Waals surface area contributed by atoms with Crippen molar-refractivity contribution in [2.75, 3.05) is 43.4 Å². The molecule has 0 spiro atoms. The molecule has 0 aliphatic carbocycles. The van der Waals surface area contributed by atoms with E-state index in [2.05, 4.69) is 52.9 Å². The Morgan fingerprint density at radius 1 is 1.33 bits per heavy atom. The first kappa shape index (κ1) is 13.1. The lowest BCUT2D eigenvalue weighted by Gasteiger charge is -2.45. The number of piperazine rings is 1. The average molecular weight is 249 g/mol. The Hall–Kier alpha value is -1.36. The second-order valence-electron chi connectivity index (χ2n) is 5.45. The summed E-state index contributed by atoms with van der Waals surface area (Å²) < 4.78 is 0. The molecule has 0 aromatic carbocycles. The molecule has 1 fully saturated rings. The summed E-state index contributed by atoms with van der Waals surface area (Å²) in [6, 6.07) is 0. The normalized spacial score (nSPS) is 19.9. The van der Waals surface area contributed by atoms with Crippen molar-refractivity contribution in [1.29, 1.82) is 0 Å². The van der Waals surface area contributed by atoms with Gasteiger partial charge in [0.25, 0.3) is 0 Å². The van der Waals surface area contributed by atoms with E-state index in [1.54, 1.807) is 6.20 Å². The van der Waals surface area contributed by atoms with E-state index in [0.29, 0.717) is 0 Å². The third-order valence-corrected chi connectivity index (χ3v) is 3.62. The van der Waals surface area contributed by atoms with Crippen LogP contribution in [-0.4, -0.2) is 53.6 Å². The van der Waals surface area contributed by atoms with Crippen molar-refractivity contribution in [3.8, 4) is 0 Å². The number of nitrogens with one attached hydrogen (secondary N) is 1. The van der Waals surface area contributed by atoms with Gasteiger partial charge < -0.3 is 10.2 Å². The molecule has 2 heterocycles. The number of hydrogen-bond donors (Lipinski definition) is 1. The minimum Gasteiger partial charge on any atom is -0.369 e. The summed E-state index contributed by atoms with van der Waals surface area (Å²) in [5.41, 5.74) is 0.175. The SMILES string of the molecule is CCNc1cncc(N2CCN(C)C(C)(C)C2)n1. The van der Waals surface area contributed by atoms with Crippen molar-refractivity contribution in [2.45, 2.75) is 26.3 Å². The van der Waals surface area contributed by atoms with Crippen LogP contribution in [0.3, 0.4) is 0 Å². The maximum Gasteiger partial charge on any atom is 0.149 e. The van der Waals surface area contributed by atoms with Gasteiger partial charge in [-0.15, -0.1) is 0 Å². The Labute approximate surface area is 109 Å². The number of likely N-dealkylation sites (N-methyl/N-ethyl adjacent to an activating group) is 1. The molecule has 5 heteroatoms. The number of nitrogens with zero attached hydrogens (tertiary/aromatic N) is 4. The zero-order valence-corrected chi connectivity index (χ0v) is 11.8. The zero-order chi connectivity index (χ0) is 13.2. The minimum absolute atomic E-state index is 0.175. The van der Waals surface area contributed by atoms with E-state index in [1.807, 2.05) is 6.20 Å². The van der Waals surface area contributed by atoms with E-state index in [-0.39, 0.29) is 5.54 Å². The van der Waals surface area contributed by atoms with Gasteiger partial charge >= 0.3 is 0 Å². The van der Waals surface area contributed by atoms with Crippen LogP contribution >= 0.6 is 0 Å². The Morgan fingerprint density at radius 2 is 2.11 bits per heavy atom. The van der Waals surface area contributed by atoms with Crippen LogP contribution in [0, 0.1) is 0 Å². The van der Waals surface area contributed by atoms with Crippen LogP contribution in [0.5, 0.6) is 0 Å². The molecular formula is C13H23N5. The zero-order valence-electron chi connectivity index (χ0n) is 11.8. The van der Waals surface area contributed by atoms with Gasteiger partial charge in [-0.2, -0.15) is 0 Å². The van der Waals surface area contributed by atoms with Gasteiger partial charge in [0.15, 0.2) is 0 Å². The van der Waals surface area contributed by atoms with Gasteiger partial charge in [-0.1, -0.05) is 0 Å². The third-order valence-electron chi connectivity index (χ3n) is 3.62. The third kappa shape index (κ3) is 2.72. The van der Waals surface area contributed by atoms with Gasteiger partial charge in [0.05, 0.1) is 12.4 Å². The van der Waals surface area contributed by atoms with Crippen LogP contribution in [0.1, 0.15) is 20.8 Å². The van der Waals surface area contributed by atoms with Crippen molar-refractivity contribution in [3.63, 3.8) is 0 Å². The van der Waals surface area contributed by atoms with Gasteiger partial charge in [-0.05, 0) is 27.8 Å². The molecule has 0 atom stereocenters. The molecule has 0 bridgehead atoms. The number of anilines is 2. The summed E-state index contributed by atoms with van der Waals surface area (Å²) in [5, 5.41) is 3.21. The lowest BCUT2D eigenvalue weighted by atomic mass is 10.00. The Kier molecular flexibility index (Phi) is 3.71. The van der Waals surface area contributed by atoms with E-state index in [4.69, 9.17) is 0 Å². The quantitative estimate of drug-likeness (QED) is 0.878. The second kappa shape index (κ2) is 5.10. The smallest absolute Gasteiger partial charge is 0.149 e. The molecule has 1 aromatic heterocycles. The van der Waals surface area contributed by atoms with Gasteiger partial charge in [0.1, 0.15) is 11.6 Å². The molecule has 0 saturated carbocycles. The molecule has 0 amide bonds.